The molecule has 1 amide bonds. The van der Waals surface area contributed by atoms with E-state index in [0.29, 0.717) is 14.8 Å². The Hall–Kier alpha value is -1.96. The predicted octanol–water partition coefficient (Wildman–Crippen LogP) is 3.76. The SMILES string of the molecule is Cc1ccccc1NC(=O)c1cc([N+](=O)[O-])ccc1I. The van der Waals surface area contributed by atoms with Crippen LogP contribution in [0.5, 0.6) is 0 Å². The lowest BCUT2D eigenvalue weighted by Gasteiger charge is -2.09. The summed E-state index contributed by atoms with van der Waals surface area (Å²) in [7, 11) is 0. The number of non-ortho nitro benzene ring substituents is 1. The van der Waals surface area contributed by atoms with Gasteiger partial charge in [-0.15, -0.1) is 0 Å². The molecule has 2 aromatic carbocycles. The number of nitrogens with zero attached hydrogens (tertiary/aromatic N) is 1. The van der Waals surface area contributed by atoms with E-state index in [2.05, 4.69) is 5.32 Å². The molecule has 0 aliphatic rings. The number of hydrogen-bond acceptors (Lipinski definition) is 3. The van der Waals surface area contributed by atoms with Gasteiger partial charge in [-0.05, 0) is 47.2 Å². The topological polar surface area (TPSA) is 72.2 Å². The summed E-state index contributed by atoms with van der Waals surface area (Å²) in [4.78, 5) is 22.5. The first kappa shape index (κ1) is 14.4. The van der Waals surface area contributed by atoms with Crippen LogP contribution in [0.1, 0.15) is 15.9 Å². The van der Waals surface area contributed by atoms with Crippen LogP contribution in [0.4, 0.5) is 11.4 Å². The van der Waals surface area contributed by atoms with Gasteiger partial charge in [0.15, 0.2) is 0 Å². The van der Waals surface area contributed by atoms with E-state index in [9.17, 15) is 14.9 Å². The van der Waals surface area contributed by atoms with Gasteiger partial charge in [0.2, 0.25) is 0 Å². The van der Waals surface area contributed by atoms with E-state index >= 15 is 0 Å². The number of nitro benzene ring substituents is 1. The van der Waals surface area contributed by atoms with Gasteiger partial charge in [0.1, 0.15) is 0 Å². The average molecular weight is 382 g/mol. The van der Waals surface area contributed by atoms with Crippen LogP contribution >= 0.6 is 22.6 Å². The summed E-state index contributed by atoms with van der Waals surface area (Å²) in [5.41, 5.74) is 1.82. The molecule has 0 unspecified atom stereocenters. The highest BCUT2D eigenvalue weighted by molar-refractivity contribution is 14.1. The van der Waals surface area contributed by atoms with E-state index in [-0.39, 0.29) is 11.6 Å². The van der Waals surface area contributed by atoms with E-state index in [0.717, 1.165) is 5.56 Å². The molecule has 2 rings (SSSR count). The fraction of sp³-hybridized carbons (Fsp3) is 0.0714. The van der Waals surface area contributed by atoms with Crippen molar-refractivity contribution in [1.82, 2.24) is 0 Å². The number of aryl methyl sites for hydroxylation is 1. The van der Waals surface area contributed by atoms with Crippen molar-refractivity contribution in [3.8, 4) is 0 Å². The smallest absolute Gasteiger partial charge is 0.270 e. The van der Waals surface area contributed by atoms with Gasteiger partial charge in [0.25, 0.3) is 11.6 Å². The first-order valence-electron chi connectivity index (χ1n) is 5.80. The molecule has 102 valence electrons. The number of amides is 1. The van der Waals surface area contributed by atoms with Gasteiger partial charge >= 0.3 is 0 Å². The summed E-state index contributed by atoms with van der Waals surface area (Å²) >= 11 is 1.98. The molecular formula is C14H11IN2O3. The maximum atomic E-state index is 12.2. The largest absolute Gasteiger partial charge is 0.322 e. The number of benzene rings is 2. The fourth-order valence-electron chi connectivity index (χ4n) is 1.70. The first-order valence-corrected chi connectivity index (χ1v) is 6.88. The number of carbonyl (C=O) groups is 1. The molecule has 0 bridgehead atoms. The molecule has 0 aliphatic carbocycles. The molecule has 0 saturated carbocycles. The number of nitro groups is 1. The van der Waals surface area contributed by atoms with Crippen molar-refractivity contribution in [3.05, 3.63) is 67.3 Å². The van der Waals surface area contributed by atoms with E-state index < -0.39 is 4.92 Å². The molecule has 1 N–H and O–H groups in total. The monoisotopic (exact) mass is 382 g/mol. The van der Waals surface area contributed by atoms with Crippen molar-refractivity contribution in [3.63, 3.8) is 0 Å². The minimum Gasteiger partial charge on any atom is -0.322 e. The van der Waals surface area contributed by atoms with Gasteiger partial charge < -0.3 is 5.32 Å². The van der Waals surface area contributed by atoms with Crippen molar-refractivity contribution in [2.45, 2.75) is 6.92 Å². The molecule has 0 fully saturated rings. The molecule has 5 nitrogen and oxygen atoms in total. The number of hydrogen-bond donors (Lipinski definition) is 1. The Labute approximate surface area is 129 Å². The van der Waals surface area contributed by atoms with Gasteiger partial charge in [-0.2, -0.15) is 0 Å². The maximum absolute atomic E-state index is 12.2. The van der Waals surface area contributed by atoms with Crippen molar-refractivity contribution in [1.29, 1.82) is 0 Å². The number of rotatable bonds is 3. The van der Waals surface area contributed by atoms with Crippen LogP contribution in [-0.2, 0) is 0 Å². The lowest BCUT2D eigenvalue weighted by molar-refractivity contribution is -0.384. The van der Waals surface area contributed by atoms with E-state index in [1.165, 1.54) is 12.1 Å². The summed E-state index contributed by atoms with van der Waals surface area (Å²) in [5.74, 6) is -0.354. The van der Waals surface area contributed by atoms with Gasteiger partial charge in [-0.25, -0.2) is 0 Å². The van der Waals surface area contributed by atoms with Gasteiger partial charge in [-0.3, -0.25) is 14.9 Å². The van der Waals surface area contributed by atoms with Gasteiger partial charge in [-0.1, -0.05) is 18.2 Å². The zero-order chi connectivity index (χ0) is 14.7. The molecule has 0 aromatic heterocycles. The standard InChI is InChI=1S/C14H11IN2O3/c1-9-4-2-3-5-13(9)16-14(18)11-8-10(17(19)20)6-7-12(11)15/h2-8H,1H3,(H,16,18). The molecule has 0 atom stereocenters. The number of nitrogens with one attached hydrogen (secondary N) is 1. The Kier molecular flexibility index (Phi) is 4.33. The Morgan fingerprint density at radius 2 is 1.95 bits per heavy atom. The van der Waals surface area contributed by atoms with Crippen LogP contribution < -0.4 is 5.32 Å². The summed E-state index contributed by atoms with van der Waals surface area (Å²) in [6.45, 7) is 1.88. The number of halogens is 1. The second-order valence-corrected chi connectivity index (χ2v) is 5.35. The number of para-hydroxylation sites is 1. The highest BCUT2D eigenvalue weighted by Crippen LogP contribution is 2.21. The molecule has 6 heteroatoms. The van der Waals surface area contributed by atoms with Crippen molar-refractivity contribution in [2.75, 3.05) is 5.32 Å². The molecule has 0 saturated heterocycles. The Morgan fingerprint density at radius 3 is 2.60 bits per heavy atom. The molecule has 0 radical (unpaired) electrons. The molecule has 20 heavy (non-hydrogen) atoms. The highest BCUT2D eigenvalue weighted by Gasteiger charge is 2.16. The zero-order valence-corrected chi connectivity index (χ0v) is 12.7. The van der Waals surface area contributed by atoms with E-state index in [1.807, 2.05) is 47.7 Å². The fourth-order valence-corrected chi connectivity index (χ4v) is 2.28. The highest BCUT2D eigenvalue weighted by atomic mass is 127. The van der Waals surface area contributed by atoms with Crippen LogP contribution in [0, 0.1) is 20.6 Å². The molecule has 2 aromatic rings. The van der Waals surface area contributed by atoms with Crippen LogP contribution in [0.25, 0.3) is 0 Å². The Morgan fingerprint density at radius 1 is 1.25 bits per heavy atom. The summed E-state index contributed by atoms with van der Waals surface area (Å²) in [6, 6.07) is 11.6. The van der Waals surface area contributed by atoms with Crippen molar-refractivity contribution in [2.24, 2.45) is 0 Å². The number of carbonyl (C=O) groups excluding carboxylic acids is 1. The Bertz CT molecular complexity index is 686. The van der Waals surface area contributed by atoms with Crippen molar-refractivity contribution >= 4 is 39.9 Å². The average Bonchev–Trinajstić information content (AvgIpc) is 2.41. The lowest BCUT2D eigenvalue weighted by atomic mass is 10.1. The minimum absolute atomic E-state index is 0.0969. The molecular weight excluding hydrogens is 371 g/mol. The predicted molar refractivity (Wildman–Crippen MR) is 84.9 cm³/mol. The van der Waals surface area contributed by atoms with Crippen LogP contribution in [-0.4, -0.2) is 10.8 Å². The third kappa shape index (κ3) is 3.13. The summed E-state index contributed by atoms with van der Waals surface area (Å²) in [6.07, 6.45) is 0. The zero-order valence-electron chi connectivity index (χ0n) is 10.6. The second kappa shape index (κ2) is 6.00. The lowest BCUT2D eigenvalue weighted by Crippen LogP contribution is -2.14. The minimum atomic E-state index is -0.513. The van der Waals surface area contributed by atoms with Crippen LogP contribution in [0.3, 0.4) is 0 Å². The maximum Gasteiger partial charge on any atom is 0.270 e. The normalized spacial score (nSPS) is 10.1. The number of anilines is 1. The Balaban J connectivity index is 2.32. The van der Waals surface area contributed by atoms with E-state index in [1.54, 1.807) is 12.1 Å². The molecule has 0 heterocycles. The van der Waals surface area contributed by atoms with Gasteiger partial charge in [0.05, 0.1) is 10.5 Å². The van der Waals surface area contributed by atoms with Crippen LogP contribution in [0.2, 0.25) is 0 Å². The van der Waals surface area contributed by atoms with Crippen molar-refractivity contribution < 1.29 is 9.72 Å². The summed E-state index contributed by atoms with van der Waals surface area (Å²) in [5, 5.41) is 13.5. The quantitative estimate of drug-likeness (QED) is 0.499. The summed E-state index contributed by atoms with van der Waals surface area (Å²) < 4.78 is 0.666. The second-order valence-electron chi connectivity index (χ2n) is 4.19. The molecule has 0 spiro atoms. The van der Waals surface area contributed by atoms with E-state index in [4.69, 9.17) is 0 Å². The molecule has 0 aliphatic heterocycles. The third-order valence-electron chi connectivity index (χ3n) is 2.80. The first-order chi connectivity index (χ1) is 9.49. The van der Waals surface area contributed by atoms with Gasteiger partial charge in [0, 0.05) is 21.4 Å². The third-order valence-corrected chi connectivity index (χ3v) is 3.74. The van der Waals surface area contributed by atoms with Crippen LogP contribution in [0.15, 0.2) is 42.5 Å².